The Hall–Kier alpha value is -0.340. The van der Waals surface area contributed by atoms with E-state index in [0.717, 1.165) is 0 Å². The second-order valence-electron chi connectivity index (χ2n) is 1.39. The molecular weight excluding hydrogens is 80.0 g/mol. The van der Waals surface area contributed by atoms with Crippen molar-refractivity contribution >= 4 is 0 Å². The van der Waals surface area contributed by atoms with Gasteiger partial charge in [0.1, 0.15) is 0 Å². The molecule has 2 nitrogen and oxygen atoms in total. The molecule has 0 aromatic carbocycles. The van der Waals surface area contributed by atoms with Gasteiger partial charge < -0.3 is 9.47 Å². The Morgan fingerprint density at radius 2 is 1.50 bits per heavy atom. The first-order valence-corrected chi connectivity index (χ1v) is 1.94. The Bertz CT molecular complexity index is 81.7. The fraction of sp³-hybridized carbons (Fsp3) is 0.500. The normalized spacial score (nSPS) is 49.3. The third-order valence-electron chi connectivity index (χ3n) is 0.962. The van der Waals surface area contributed by atoms with Crippen molar-refractivity contribution in [2.45, 2.75) is 12.6 Å². The third kappa shape index (κ3) is 0.162. The van der Waals surface area contributed by atoms with Gasteiger partial charge in [-0.3, -0.25) is 0 Å². The van der Waals surface area contributed by atoms with Crippen LogP contribution in [0.25, 0.3) is 0 Å². The maximum atomic E-state index is 4.92. The standard InChI is InChI=1S/C4H4O2/c1-2-4-5-3(1)6-4/h1-4H. The molecule has 3 heterocycles. The first-order valence-electron chi connectivity index (χ1n) is 1.94. The van der Waals surface area contributed by atoms with Gasteiger partial charge in [0.2, 0.25) is 0 Å². The van der Waals surface area contributed by atoms with E-state index < -0.39 is 0 Å². The first-order chi connectivity index (χ1) is 2.95. The summed E-state index contributed by atoms with van der Waals surface area (Å²) in [5.74, 6) is 0. The zero-order chi connectivity index (χ0) is 3.98. The Kier molecular flexibility index (Phi) is 0.309. The van der Waals surface area contributed by atoms with E-state index in [1.54, 1.807) is 0 Å². The molecule has 0 N–H and O–H groups in total. The number of hydrogen-bond acceptors (Lipinski definition) is 2. The lowest BCUT2D eigenvalue weighted by molar-refractivity contribution is -0.324. The summed E-state index contributed by atoms with van der Waals surface area (Å²) >= 11 is 0. The van der Waals surface area contributed by atoms with E-state index in [2.05, 4.69) is 0 Å². The molecule has 0 radical (unpaired) electrons. The van der Waals surface area contributed by atoms with Crippen LogP contribution in [0.1, 0.15) is 0 Å². The quantitative estimate of drug-likeness (QED) is 0.392. The van der Waals surface area contributed by atoms with Gasteiger partial charge in [0, 0.05) is 0 Å². The second-order valence-corrected chi connectivity index (χ2v) is 1.39. The molecule has 3 aliphatic heterocycles. The van der Waals surface area contributed by atoms with E-state index in [1.807, 2.05) is 12.2 Å². The summed E-state index contributed by atoms with van der Waals surface area (Å²) in [4.78, 5) is 0. The minimum Gasteiger partial charge on any atom is -0.316 e. The molecule has 0 aromatic rings. The number of hydrogen-bond donors (Lipinski definition) is 0. The van der Waals surface area contributed by atoms with Gasteiger partial charge >= 0.3 is 0 Å². The monoisotopic (exact) mass is 84.0 g/mol. The molecule has 0 atom stereocenters. The van der Waals surface area contributed by atoms with Crippen molar-refractivity contribution in [2.75, 3.05) is 0 Å². The van der Waals surface area contributed by atoms with Crippen molar-refractivity contribution in [3.05, 3.63) is 12.2 Å². The van der Waals surface area contributed by atoms with Crippen molar-refractivity contribution < 1.29 is 9.47 Å². The van der Waals surface area contributed by atoms with Gasteiger partial charge in [-0.05, 0) is 12.2 Å². The van der Waals surface area contributed by atoms with Gasteiger partial charge in [-0.15, -0.1) is 0 Å². The molecule has 0 aliphatic carbocycles. The summed E-state index contributed by atoms with van der Waals surface area (Å²) in [6.45, 7) is 0. The largest absolute Gasteiger partial charge is 0.316 e. The van der Waals surface area contributed by atoms with E-state index in [0.29, 0.717) is 0 Å². The highest BCUT2D eigenvalue weighted by atomic mass is 16.9. The highest BCUT2D eigenvalue weighted by Crippen LogP contribution is 2.25. The van der Waals surface area contributed by atoms with Crippen molar-refractivity contribution in [3.63, 3.8) is 0 Å². The maximum absolute atomic E-state index is 4.92. The van der Waals surface area contributed by atoms with E-state index in [-0.39, 0.29) is 12.6 Å². The van der Waals surface area contributed by atoms with Crippen LogP contribution in [-0.2, 0) is 9.47 Å². The van der Waals surface area contributed by atoms with Crippen LogP contribution in [0.3, 0.4) is 0 Å². The van der Waals surface area contributed by atoms with E-state index in [4.69, 9.17) is 9.47 Å². The fourth-order valence-electron chi connectivity index (χ4n) is 0.637. The topological polar surface area (TPSA) is 18.5 Å². The SMILES string of the molecule is C1=CC2OC1O2. The van der Waals surface area contributed by atoms with Crippen LogP contribution < -0.4 is 0 Å². The zero-order valence-electron chi connectivity index (χ0n) is 3.13. The molecule has 3 rings (SSSR count). The molecule has 0 saturated carbocycles. The average molecular weight is 84.1 g/mol. The Morgan fingerprint density at radius 3 is 1.67 bits per heavy atom. The molecule has 0 amide bonds. The van der Waals surface area contributed by atoms with Crippen molar-refractivity contribution in [3.8, 4) is 0 Å². The van der Waals surface area contributed by atoms with Crippen LogP contribution in [0.4, 0.5) is 0 Å². The summed E-state index contributed by atoms with van der Waals surface area (Å²) in [5.41, 5.74) is 0. The molecule has 2 bridgehead atoms. The summed E-state index contributed by atoms with van der Waals surface area (Å²) in [5, 5.41) is 0. The second kappa shape index (κ2) is 0.669. The van der Waals surface area contributed by atoms with Crippen LogP contribution in [-0.4, -0.2) is 12.6 Å². The van der Waals surface area contributed by atoms with Crippen LogP contribution in [0.15, 0.2) is 12.2 Å². The summed E-state index contributed by atoms with van der Waals surface area (Å²) in [6.07, 6.45) is 3.83. The van der Waals surface area contributed by atoms with Crippen molar-refractivity contribution in [1.82, 2.24) is 0 Å². The molecular formula is C4H4O2. The zero-order valence-corrected chi connectivity index (χ0v) is 3.13. The molecule has 3 aliphatic rings. The Balaban J connectivity index is 2.32. The molecule has 6 heavy (non-hydrogen) atoms. The van der Waals surface area contributed by atoms with Crippen molar-refractivity contribution in [1.29, 1.82) is 0 Å². The maximum Gasteiger partial charge on any atom is 0.183 e. The first kappa shape index (κ1) is 2.77. The molecule has 1 saturated heterocycles. The molecule has 0 unspecified atom stereocenters. The lowest BCUT2D eigenvalue weighted by Gasteiger charge is -2.24. The number of rotatable bonds is 0. The summed E-state index contributed by atoms with van der Waals surface area (Å²) in [7, 11) is 0. The Morgan fingerprint density at radius 1 is 1.00 bits per heavy atom. The molecule has 0 spiro atoms. The lowest BCUT2D eigenvalue weighted by atomic mass is 10.6. The average Bonchev–Trinajstić information content (AvgIpc) is 1.72. The van der Waals surface area contributed by atoms with Crippen molar-refractivity contribution in [2.24, 2.45) is 0 Å². The highest BCUT2D eigenvalue weighted by molar-refractivity contribution is 5.01. The summed E-state index contributed by atoms with van der Waals surface area (Å²) < 4.78 is 9.83. The molecule has 32 valence electrons. The predicted octanol–water partition coefficient (Wildman–Crippen LogP) is 0.255. The van der Waals surface area contributed by atoms with Gasteiger partial charge in [0.15, 0.2) is 12.6 Å². The predicted molar refractivity (Wildman–Crippen MR) is 18.9 cm³/mol. The highest BCUT2D eigenvalue weighted by Gasteiger charge is 2.32. The molecule has 1 fully saturated rings. The van der Waals surface area contributed by atoms with Crippen LogP contribution in [0.5, 0.6) is 0 Å². The minimum absolute atomic E-state index is 0.00926. The van der Waals surface area contributed by atoms with E-state index >= 15 is 0 Å². The van der Waals surface area contributed by atoms with Crippen LogP contribution >= 0.6 is 0 Å². The Labute approximate surface area is 35.4 Å². The van der Waals surface area contributed by atoms with Gasteiger partial charge in [-0.1, -0.05) is 0 Å². The van der Waals surface area contributed by atoms with Gasteiger partial charge in [-0.2, -0.15) is 0 Å². The summed E-state index contributed by atoms with van der Waals surface area (Å²) in [6, 6.07) is 0. The lowest BCUT2D eigenvalue weighted by Crippen LogP contribution is -2.31. The van der Waals surface area contributed by atoms with Gasteiger partial charge in [0.25, 0.3) is 0 Å². The third-order valence-corrected chi connectivity index (χ3v) is 0.962. The number of ether oxygens (including phenoxy) is 2. The molecule has 0 aromatic heterocycles. The van der Waals surface area contributed by atoms with Crippen LogP contribution in [0.2, 0.25) is 0 Å². The minimum atomic E-state index is 0.00926. The van der Waals surface area contributed by atoms with Crippen LogP contribution in [0, 0.1) is 0 Å². The van der Waals surface area contributed by atoms with Gasteiger partial charge in [-0.25, -0.2) is 0 Å². The van der Waals surface area contributed by atoms with Gasteiger partial charge in [0.05, 0.1) is 0 Å². The fourth-order valence-corrected chi connectivity index (χ4v) is 0.637. The van der Waals surface area contributed by atoms with E-state index in [9.17, 15) is 0 Å². The van der Waals surface area contributed by atoms with E-state index in [1.165, 1.54) is 0 Å². The smallest absolute Gasteiger partial charge is 0.183 e. The molecule has 2 heteroatoms.